The number of aryl methyl sites for hydroxylation is 2. The molecule has 0 saturated heterocycles. The average molecular weight is 259 g/mol. The van der Waals surface area contributed by atoms with Gasteiger partial charge in [0.15, 0.2) is 5.13 Å². The van der Waals surface area contributed by atoms with E-state index in [9.17, 15) is 0 Å². The van der Waals surface area contributed by atoms with E-state index in [1.807, 2.05) is 6.92 Å². The van der Waals surface area contributed by atoms with Crippen LogP contribution in [0.5, 0.6) is 0 Å². The quantitative estimate of drug-likeness (QED) is 0.782. The molecule has 0 bridgehead atoms. The minimum absolute atomic E-state index is 0.689. The highest BCUT2D eigenvalue weighted by atomic mass is 32.1. The molecule has 5 heteroatoms. The van der Waals surface area contributed by atoms with E-state index in [2.05, 4.69) is 40.6 Å². The third-order valence-corrected chi connectivity index (χ3v) is 3.80. The average Bonchev–Trinajstić information content (AvgIpc) is 2.92. The maximum atomic E-state index is 4.90. The fourth-order valence-electron chi connectivity index (χ4n) is 1.76. The summed E-state index contributed by atoms with van der Waals surface area (Å²) in [5, 5.41) is 8.08. The van der Waals surface area contributed by atoms with E-state index in [0.29, 0.717) is 6.54 Å². The van der Waals surface area contributed by atoms with Crippen molar-refractivity contribution >= 4 is 26.7 Å². The zero-order valence-electron chi connectivity index (χ0n) is 10.2. The van der Waals surface area contributed by atoms with E-state index in [1.54, 1.807) is 17.6 Å². The van der Waals surface area contributed by atoms with Gasteiger partial charge < -0.3 is 9.84 Å². The van der Waals surface area contributed by atoms with E-state index in [4.69, 9.17) is 4.52 Å². The van der Waals surface area contributed by atoms with Crippen molar-refractivity contribution in [1.29, 1.82) is 0 Å². The largest absolute Gasteiger partial charge is 0.364 e. The summed E-state index contributed by atoms with van der Waals surface area (Å²) >= 11 is 1.67. The highest BCUT2D eigenvalue weighted by Gasteiger charge is 2.06. The molecule has 0 fully saturated rings. The first-order chi connectivity index (χ1) is 8.72. The highest BCUT2D eigenvalue weighted by molar-refractivity contribution is 7.22. The lowest BCUT2D eigenvalue weighted by Crippen LogP contribution is -1.98. The number of anilines is 1. The van der Waals surface area contributed by atoms with Crippen LogP contribution in [0.1, 0.15) is 16.8 Å². The summed E-state index contributed by atoms with van der Waals surface area (Å²) in [5.41, 5.74) is 4.27. The molecule has 2 heterocycles. The molecule has 92 valence electrons. The predicted octanol–water partition coefficient (Wildman–Crippen LogP) is 3.51. The maximum Gasteiger partial charge on any atom is 0.184 e. The molecule has 1 N–H and O–H groups in total. The first-order valence-corrected chi connectivity index (χ1v) is 6.55. The van der Waals surface area contributed by atoms with Gasteiger partial charge in [0.25, 0.3) is 0 Å². The second-order valence-corrected chi connectivity index (χ2v) is 5.30. The summed E-state index contributed by atoms with van der Waals surface area (Å²) in [6.07, 6.45) is 1.67. The van der Waals surface area contributed by atoms with Crippen molar-refractivity contribution in [3.05, 3.63) is 41.3 Å². The number of rotatable bonds is 3. The van der Waals surface area contributed by atoms with Crippen LogP contribution in [0, 0.1) is 13.8 Å². The minimum atomic E-state index is 0.689. The molecule has 1 aromatic carbocycles. The standard InChI is InChI=1S/C13H13N3OS/c1-8-3-4-11-12(5-8)18-13(15-11)14-6-10-7-17-16-9(10)2/h3-5,7H,6H2,1-2H3,(H,14,15). The Morgan fingerprint density at radius 1 is 1.33 bits per heavy atom. The lowest BCUT2D eigenvalue weighted by Gasteiger charge is -1.98. The topological polar surface area (TPSA) is 51.0 Å². The van der Waals surface area contributed by atoms with E-state index in [0.717, 1.165) is 21.9 Å². The zero-order chi connectivity index (χ0) is 12.5. The van der Waals surface area contributed by atoms with Crippen LogP contribution in [-0.2, 0) is 6.54 Å². The molecule has 3 rings (SSSR count). The molecule has 0 aliphatic rings. The Kier molecular flexibility index (Phi) is 2.76. The smallest absolute Gasteiger partial charge is 0.184 e. The molecule has 0 aliphatic carbocycles. The van der Waals surface area contributed by atoms with E-state index in [1.165, 1.54) is 10.3 Å². The van der Waals surface area contributed by atoms with Crippen LogP contribution in [0.2, 0.25) is 0 Å². The van der Waals surface area contributed by atoms with E-state index >= 15 is 0 Å². The fraction of sp³-hybridized carbons (Fsp3) is 0.231. The predicted molar refractivity (Wildman–Crippen MR) is 72.9 cm³/mol. The molecule has 0 amide bonds. The van der Waals surface area contributed by atoms with Crippen LogP contribution in [0.3, 0.4) is 0 Å². The van der Waals surface area contributed by atoms with Crippen LogP contribution >= 0.6 is 11.3 Å². The second kappa shape index (κ2) is 4.42. The zero-order valence-corrected chi connectivity index (χ0v) is 11.0. The third kappa shape index (κ3) is 2.09. The van der Waals surface area contributed by atoms with Crippen molar-refractivity contribution in [1.82, 2.24) is 10.1 Å². The molecule has 0 aliphatic heterocycles. The van der Waals surface area contributed by atoms with Gasteiger partial charge in [0.05, 0.1) is 15.9 Å². The van der Waals surface area contributed by atoms with Crippen LogP contribution < -0.4 is 5.32 Å². The Bertz CT molecular complexity index is 686. The van der Waals surface area contributed by atoms with Gasteiger partial charge in [-0.05, 0) is 31.5 Å². The summed E-state index contributed by atoms with van der Waals surface area (Å²) in [7, 11) is 0. The summed E-state index contributed by atoms with van der Waals surface area (Å²) in [4.78, 5) is 4.54. The van der Waals surface area contributed by atoms with Crippen molar-refractivity contribution in [2.75, 3.05) is 5.32 Å². The van der Waals surface area contributed by atoms with Crippen LogP contribution in [0.25, 0.3) is 10.2 Å². The van der Waals surface area contributed by atoms with E-state index < -0.39 is 0 Å². The molecular formula is C13H13N3OS. The van der Waals surface area contributed by atoms with Crippen molar-refractivity contribution in [2.45, 2.75) is 20.4 Å². The number of nitrogens with one attached hydrogen (secondary N) is 1. The maximum absolute atomic E-state index is 4.90. The molecule has 3 aromatic rings. The van der Waals surface area contributed by atoms with Gasteiger partial charge in [0.1, 0.15) is 6.26 Å². The van der Waals surface area contributed by atoms with Crippen LogP contribution in [0.4, 0.5) is 5.13 Å². The molecule has 0 spiro atoms. The Balaban J connectivity index is 1.81. The van der Waals surface area contributed by atoms with Gasteiger partial charge in [-0.15, -0.1) is 0 Å². The first kappa shape index (κ1) is 11.2. The van der Waals surface area contributed by atoms with Gasteiger partial charge in [-0.2, -0.15) is 0 Å². The van der Waals surface area contributed by atoms with Crippen LogP contribution in [0.15, 0.2) is 29.0 Å². The summed E-state index contributed by atoms with van der Waals surface area (Å²) in [5.74, 6) is 0. The molecule has 18 heavy (non-hydrogen) atoms. The van der Waals surface area contributed by atoms with Gasteiger partial charge in [-0.3, -0.25) is 0 Å². The van der Waals surface area contributed by atoms with Crippen molar-refractivity contribution in [3.8, 4) is 0 Å². The summed E-state index contributed by atoms with van der Waals surface area (Å²) in [6.45, 7) is 4.71. The van der Waals surface area contributed by atoms with Gasteiger partial charge in [0.2, 0.25) is 0 Å². The lowest BCUT2D eigenvalue weighted by atomic mass is 10.2. The van der Waals surface area contributed by atoms with Crippen molar-refractivity contribution < 1.29 is 4.52 Å². The minimum Gasteiger partial charge on any atom is -0.364 e. The van der Waals surface area contributed by atoms with Gasteiger partial charge in [-0.1, -0.05) is 22.6 Å². The number of aromatic nitrogens is 2. The number of fused-ring (bicyclic) bond motifs is 1. The molecule has 0 saturated carbocycles. The Morgan fingerprint density at radius 2 is 2.22 bits per heavy atom. The Hall–Kier alpha value is -1.88. The number of hydrogen-bond acceptors (Lipinski definition) is 5. The van der Waals surface area contributed by atoms with Gasteiger partial charge >= 0.3 is 0 Å². The SMILES string of the molecule is Cc1ccc2nc(NCc3conc3C)sc2c1. The van der Waals surface area contributed by atoms with Gasteiger partial charge in [-0.25, -0.2) is 4.98 Å². The molecule has 0 unspecified atom stereocenters. The highest BCUT2D eigenvalue weighted by Crippen LogP contribution is 2.27. The summed E-state index contributed by atoms with van der Waals surface area (Å²) in [6, 6.07) is 6.29. The lowest BCUT2D eigenvalue weighted by molar-refractivity contribution is 0.414. The van der Waals surface area contributed by atoms with Crippen molar-refractivity contribution in [2.24, 2.45) is 0 Å². The Labute approximate surface area is 109 Å². The number of thiazole rings is 1. The van der Waals surface area contributed by atoms with Crippen molar-refractivity contribution in [3.63, 3.8) is 0 Å². The second-order valence-electron chi connectivity index (χ2n) is 4.27. The molecular weight excluding hydrogens is 246 g/mol. The van der Waals surface area contributed by atoms with Crippen LogP contribution in [-0.4, -0.2) is 10.1 Å². The molecule has 2 aromatic heterocycles. The monoisotopic (exact) mass is 259 g/mol. The Morgan fingerprint density at radius 3 is 3.00 bits per heavy atom. The molecule has 0 atom stereocenters. The number of benzene rings is 1. The third-order valence-electron chi connectivity index (χ3n) is 2.82. The van der Waals surface area contributed by atoms with E-state index in [-0.39, 0.29) is 0 Å². The number of nitrogens with zero attached hydrogens (tertiary/aromatic N) is 2. The van der Waals surface area contributed by atoms with Gasteiger partial charge in [0, 0.05) is 12.1 Å². The first-order valence-electron chi connectivity index (χ1n) is 5.73. The normalized spacial score (nSPS) is 11.0. The molecule has 0 radical (unpaired) electrons. The molecule has 4 nitrogen and oxygen atoms in total. The number of hydrogen-bond donors (Lipinski definition) is 1. The summed E-state index contributed by atoms with van der Waals surface area (Å²) < 4.78 is 6.11. The fourth-order valence-corrected chi connectivity index (χ4v) is 2.72.